The van der Waals surface area contributed by atoms with E-state index in [4.69, 9.17) is 4.98 Å². The summed E-state index contributed by atoms with van der Waals surface area (Å²) in [6, 6.07) is 0. The molecular weight excluding hydrogens is 252 g/mol. The molecule has 0 aliphatic heterocycles. The minimum absolute atomic E-state index is 0.738. The lowest BCUT2D eigenvalue weighted by atomic mass is 9.80. The summed E-state index contributed by atoms with van der Waals surface area (Å²) in [6.07, 6.45) is 8.08. The highest BCUT2D eigenvalue weighted by Gasteiger charge is 2.25. The lowest BCUT2D eigenvalue weighted by Crippen LogP contribution is -2.13. The minimum atomic E-state index is 0.738. The maximum Gasteiger partial charge on any atom is 0.0962 e. The average molecular weight is 280 g/mol. The maximum atomic E-state index is 4.86. The third kappa shape index (κ3) is 4.03. The lowest BCUT2D eigenvalue weighted by molar-refractivity contribution is 0.314. The normalized spacial score (nSPS) is 23.7. The maximum absolute atomic E-state index is 4.86. The largest absolute Gasteiger partial charge is 0.312 e. The van der Waals surface area contributed by atoms with Gasteiger partial charge in [-0.25, -0.2) is 4.98 Å². The van der Waals surface area contributed by atoms with Crippen LogP contribution in [0.5, 0.6) is 0 Å². The van der Waals surface area contributed by atoms with Gasteiger partial charge in [0.2, 0.25) is 0 Å². The molecule has 0 saturated heterocycles. The third-order valence-electron chi connectivity index (χ3n) is 4.33. The van der Waals surface area contributed by atoms with Crippen molar-refractivity contribution in [1.29, 1.82) is 0 Å². The number of rotatable bonds is 6. The number of aryl methyl sites for hydroxylation is 1. The number of hydrogen-bond acceptors (Lipinski definition) is 3. The smallest absolute Gasteiger partial charge is 0.0962 e. The van der Waals surface area contributed by atoms with Crippen molar-refractivity contribution in [2.24, 2.45) is 5.92 Å². The molecule has 2 nitrogen and oxygen atoms in total. The molecule has 0 radical (unpaired) electrons. The van der Waals surface area contributed by atoms with Gasteiger partial charge >= 0.3 is 0 Å². The second kappa shape index (κ2) is 7.39. The Balaban J connectivity index is 1.98. The molecule has 1 aromatic rings. The van der Waals surface area contributed by atoms with Crippen LogP contribution in [0.15, 0.2) is 0 Å². The van der Waals surface area contributed by atoms with Crippen molar-refractivity contribution >= 4 is 11.3 Å². The van der Waals surface area contributed by atoms with Gasteiger partial charge in [-0.1, -0.05) is 33.1 Å². The van der Waals surface area contributed by atoms with Crippen LogP contribution in [0.25, 0.3) is 0 Å². The van der Waals surface area contributed by atoms with Crippen LogP contribution in [0, 0.1) is 12.8 Å². The zero-order chi connectivity index (χ0) is 13.7. The van der Waals surface area contributed by atoms with E-state index < -0.39 is 0 Å². The van der Waals surface area contributed by atoms with Crippen molar-refractivity contribution in [2.45, 2.75) is 71.8 Å². The summed E-state index contributed by atoms with van der Waals surface area (Å²) in [5, 5.41) is 4.91. The zero-order valence-corrected chi connectivity index (χ0v) is 13.5. The molecule has 2 rings (SSSR count). The Bertz CT molecular complexity index is 386. The molecule has 108 valence electrons. The van der Waals surface area contributed by atoms with Crippen LogP contribution in [0.4, 0.5) is 0 Å². The van der Waals surface area contributed by atoms with Gasteiger partial charge in [0.15, 0.2) is 0 Å². The van der Waals surface area contributed by atoms with Gasteiger partial charge in [0.05, 0.1) is 10.7 Å². The fourth-order valence-electron chi connectivity index (χ4n) is 3.05. The first-order chi connectivity index (χ1) is 9.24. The Labute approximate surface area is 122 Å². The first-order valence-electron chi connectivity index (χ1n) is 7.91. The van der Waals surface area contributed by atoms with Gasteiger partial charge in [-0.3, -0.25) is 0 Å². The molecule has 1 fully saturated rings. The summed E-state index contributed by atoms with van der Waals surface area (Å²) < 4.78 is 0. The van der Waals surface area contributed by atoms with Gasteiger partial charge in [0.25, 0.3) is 0 Å². The van der Waals surface area contributed by atoms with Crippen LogP contribution in [0.3, 0.4) is 0 Å². The van der Waals surface area contributed by atoms with Gasteiger partial charge in [0, 0.05) is 17.3 Å². The number of nitrogens with zero attached hydrogens (tertiary/aromatic N) is 1. The molecule has 2 unspecified atom stereocenters. The second-order valence-corrected chi connectivity index (χ2v) is 6.99. The Morgan fingerprint density at radius 1 is 1.32 bits per heavy atom. The monoisotopic (exact) mass is 280 g/mol. The summed E-state index contributed by atoms with van der Waals surface area (Å²) in [5.41, 5.74) is 1.25. The van der Waals surface area contributed by atoms with Crippen molar-refractivity contribution in [2.75, 3.05) is 6.54 Å². The summed E-state index contributed by atoms with van der Waals surface area (Å²) in [7, 11) is 0. The number of nitrogens with one attached hydrogen (secondary N) is 1. The van der Waals surface area contributed by atoms with E-state index in [9.17, 15) is 0 Å². The van der Waals surface area contributed by atoms with Gasteiger partial charge in [-0.2, -0.15) is 0 Å². The van der Waals surface area contributed by atoms with Crippen LogP contribution in [0.2, 0.25) is 0 Å². The standard InChI is InChI=1S/C16H28N2S/c1-4-9-17-11-15-12(3)18-16(19-15)14-8-6-7-13(5-2)10-14/h13-14,17H,4-11H2,1-3H3. The highest BCUT2D eigenvalue weighted by Crippen LogP contribution is 2.39. The van der Waals surface area contributed by atoms with E-state index in [1.807, 2.05) is 11.3 Å². The third-order valence-corrected chi connectivity index (χ3v) is 5.65. The Hall–Kier alpha value is -0.410. The van der Waals surface area contributed by atoms with Crippen LogP contribution in [-0.2, 0) is 6.54 Å². The van der Waals surface area contributed by atoms with Crippen molar-refractivity contribution in [3.05, 3.63) is 15.6 Å². The quantitative estimate of drug-likeness (QED) is 0.768. The van der Waals surface area contributed by atoms with Crippen molar-refractivity contribution < 1.29 is 0 Å². The molecule has 0 amide bonds. The molecule has 1 heterocycles. The molecule has 1 aliphatic rings. The van der Waals surface area contributed by atoms with E-state index >= 15 is 0 Å². The molecule has 1 N–H and O–H groups in total. The fraction of sp³-hybridized carbons (Fsp3) is 0.812. The molecule has 0 bridgehead atoms. The van der Waals surface area contributed by atoms with Crippen LogP contribution in [0.1, 0.15) is 73.9 Å². The summed E-state index contributed by atoms with van der Waals surface area (Å²) >= 11 is 1.96. The lowest BCUT2D eigenvalue weighted by Gasteiger charge is -2.26. The average Bonchev–Trinajstić information content (AvgIpc) is 2.81. The SMILES string of the molecule is CCCNCc1sc(C2CCCC(CC)C2)nc1C. The van der Waals surface area contributed by atoms with Crippen LogP contribution >= 0.6 is 11.3 Å². The first kappa shape index (κ1) is 15.0. The predicted molar refractivity (Wildman–Crippen MR) is 83.8 cm³/mol. The highest BCUT2D eigenvalue weighted by molar-refractivity contribution is 7.11. The summed E-state index contributed by atoms with van der Waals surface area (Å²) in [5.74, 6) is 1.67. The second-order valence-electron chi connectivity index (χ2n) is 5.88. The highest BCUT2D eigenvalue weighted by atomic mass is 32.1. The zero-order valence-electron chi connectivity index (χ0n) is 12.7. The van der Waals surface area contributed by atoms with Gasteiger partial charge in [-0.15, -0.1) is 11.3 Å². The van der Waals surface area contributed by atoms with Gasteiger partial charge in [0.1, 0.15) is 0 Å². The van der Waals surface area contributed by atoms with E-state index in [1.54, 1.807) is 0 Å². The predicted octanol–water partition coefficient (Wildman–Crippen LogP) is 4.63. The fourth-order valence-corrected chi connectivity index (χ4v) is 4.24. The number of aromatic nitrogens is 1. The molecule has 1 aromatic heterocycles. The molecule has 19 heavy (non-hydrogen) atoms. The van der Waals surface area contributed by atoms with Crippen molar-refractivity contribution in [3.8, 4) is 0 Å². The molecule has 3 heteroatoms. The van der Waals surface area contributed by atoms with Gasteiger partial charge < -0.3 is 5.32 Å². The van der Waals surface area contributed by atoms with Crippen molar-refractivity contribution in [1.82, 2.24) is 10.3 Å². The van der Waals surface area contributed by atoms with Crippen molar-refractivity contribution in [3.63, 3.8) is 0 Å². The number of thiazole rings is 1. The van der Waals surface area contributed by atoms with E-state index in [2.05, 4.69) is 26.1 Å². The molecule has 0 spiro atoms. The first-order valence-corrected chi connectivity index (χ1v) is 8.73. The topological polar surface area (TPSA) is 24.9 Å². The Morgan fingerprint density at radius 3 is 2.89 bits per heavy atom. The van der Waals surface area contributed by atoms with Crippen LogP contribution in [-0.4, -0.2) is 11.5 Å². The van der Waals surface area contributed by atoms with Crippen LogP contribution < -0.4 is 5.32 Å². The number of hydrogen-bond donors (Lipinski definition) is 1. The molecular formula is C16H28N2S. The van der Waals surface area contributed by atoms with Gasteiger partial charge in [-0.05, 0) is 38.6 Å². The Morgan fingerprint density at radius 2 is 2.16 bits per heavy atom. The minimum Gasteiger partial charge on any atom is -0.312 e. The van der Waals surface area contributed by atoms with E-state index in [-0.39, 0.29) is 0 Å². The molecule has 1 saturated carbocycles. The molecule has 0 aromatic carbocycles. The molecule has 2 atom stereocenters. The van der Waals surface area contributed by atoms with E-state index in [0.29, 0.717) is 0 Å². The van der Waals surface area contributed by atoms with E-state index in [0.717, 1.165) is 24.9 Å². The molecule has 1 aliphatic carbocycles. The summed E-state index contributed by atoms with van der Waals surface area (Å²) in [6.45, 7) is 8.82. The summed E-state index contributed by atoms with van der Waals surface area (Å²) in [4.78, 5) is 6.31. The Kier molecular flexibility index (Phi) is 5.83. The van der Waals surface area contributed by atoms with E-state index in [1.165, 1.54) is 54.1 Å².